The van der Waals surface area contributed by atoms with Crippen LogP contribution in [0.15, 0.2) is 24.7 Å². The lowest BCUT2D eigenvalue weighted by Gasteiger charge is -2.12. The Labute approximate surface area is 114 Å². The average Bonchev–Trinajstić information content (AvgIpc) is 2.85. The second kappa shape index (κ2) is 5.37. The van der Waals surface area contributed by atoms with Crippen LogP contribution in [-0.2, 0) is 0 Å². The van der Waals surface area contributed by atoms with Crippen molar-refractivity contribution in [3.63, 3.8) is 0 Å². The molecule has 0 fully saturated rings. The predicted molar refractivity (Wildman–Crippen MR) is 68.7 cm³/mol. The molecule has 1 atom stereocenters. The lowest BCUT2D eigenvalue weighted by Crippen LogP contribution is -2.26. The zero-order chi connectivity index (χ0) is 13.1. The Balaban J connectivity index is 2.15. The van der Waals surface area contributed by atoms with E-state index < -0.39 is 0 Å². The molecular formula is C11H10Cl2N4O. The van der Waals surface area contributed by atoms with E-state index in [2.05, 4.69) is 20.5 Å². The number of H-pyrrole nitrogens is 1. The maximum Gasteiger partial charge on any atom is 0.253 e. The summed E-state index contributed by atoms with van der Waals surface area (Å²) in [7, 11) is 0. The molecule has 0 saturated heterocycles. The van der Waals surface area contributed by atoms with Crippen molar-refractivity contribution < 1.29 is 4.79 Å². The quantitative estimate of drug-likeness (QED) is 0.851. The van der Waals surface area contributed by atoms with Gasteiger partial charge >= 0.3 is 0 Å². The predicted octanol–water partition coefficient (Wildman–Crippen LogP) is 2.60. The van der Waals surface area contributed by atoms with Crippen molar-refractivity contribution >= 4 is 29.1 Å². The van der Waals surface area contributed by atoms with Crippen molar-refractivity contribution in [3.8, 4) is 0 Å². The van der Waals surface area contributed by atoms with Crippen molar-refractivity contribution in [2.45, 2.75) is 13.0 Å². The molecule has 2 rings (SSSR count). The van der Waals surface area contributed by atoms with Gasteiger partial charge in [-0.2, -0.15) is 5.10 Å². The van der Waals surface area contributed by atoms with E-state index in [1.165, 1.54) is 12.3 Å². The van der Waals surface area contributed by atoms with Gasteiger partial charge in [-0.1, -0.05) is 23.2 Å². The minimum Gasteiger partial charge on any atom is -0.345 e. The fourth-order valence-corrected chi connectivity index (χ4v) is 1.79. The summed E-state index contributed by atoms with van der Waals surface area (Å²) in [5, 5.41) is 9.79. The lowest BCUT2D eigenvalue weighted by molar-refractivity contribution is 0.0940. The Bertz CT molecular complexity index is 556. The molecule has 0 aliphatic heterocycles. The van der Waals surface area contributed by atoms with Crippen molar-refractivity contribution in [1.82, 2.24) is 20.5 Å². The molecule has 2 N–H and O–H groups in total. The van der Waals surface area contributed by atoms with Crippen LogP contribution in [0.4, 0.5) is 0 Å². The first kappa shape index (κ1) is 12.9. The number of carbonyl (C=O) groups is 1. The number of aromatic nitrogens is 3. The Hall–Kier alpha value is -1.59. The molecule has 94 valence electrons. The minimum atomic E-state index is -0.307. The van der Waals surface area contributed by atoms with E-state index in [1.807, 2.05) is 6.92 Å². The molecule has 0 spiro atoms. The number of carbonyl (C=O) groups excluding carboxylic acids is 1. The average molecular weight is 285 g/mol. The molecule has 2 heterocycles. The van der Waals surface area contributed by atoms with E-state index in [-0.39, 0.29) is 22.1 Å². The zero-order valence-corrected chi connectivity index (χ0v) is 11.0. The Morgan fingerprint density at radius 3 is 2.89 bits per heavy atom. The third-order valence-electron chi connectivity index (χ3n) is 2.43. The highest BCUT2D eigenvalue weighted by Crippen LogP contribution is 2.19. The molecule has 7 heteroatoms. The van der Waals surface area contributed by atoms with Gasteiger partial charge in [-0.3, -0.25) is 9.89 Å². The summed E-state index contributed by atoms with van der Waals surface area (Å²) in [6.45, 7) is 1.85. The molecule has 1 unspecified atom stereocenters. The number of pyridine rings is 1. The smallest absolute Gasteiger partial charge is 0.253 e. The summed E-state index contributed by atoms with van der Waals surface area (Å²) in [6.07, 6.45) is 4.71. The van der Waals surface area contributed by atoms with Gasteiger partial charge in [-0.05, 0) is 13.0 Å². The van der Waals surface area contributed by atoms with Crippen molar-refractivity contribution in [3.05, 3.63) is 46.0 Å². The topological polar surface area (TPSA) is 70.7 Å². The van der Waals surface area contributed by atoms with Crippen molar-refractivity contribution in [1.29, 1.82) is 0 Å². The molecule has 1 amide bonds. The Kier molecular flexibility index (Phi) is 3.84. The van der Waals surface area contributed by atoms with Gasteiger partial charge in [0.25, 0.3) is 5.91 Å². The summed E-state index contributed by atoms with van der Waals surface area (Å²) < 4.78 is 0. The Morgan fingerprint density at radius 2 is 2.22 bits per heavy atom. The second-order valence-electron chi connectivity index (χ2n) is 3.71. The first-order valence-corrected chi connectivity index (χ1v) is 5.94. The number of hydrogen-bond acceptors (Lipinski definition) is 3. The third kappa shape index (κ3) is 2.80. The van der Waals surface area contributed by atoms with Crippen molar-refractivity contribution in [2.75, 3.05) is 0 Å². The number of rotatable bonds is 3. The van der Waals surface area contributed by atoms with E-state index in [4.69, 9.17) is 23.2 Å². The number of nitrogens with one attached hydrogen (secondary N) is 2. The van der Waals surface area contributed by atoms with Crippen molar-refractivity contribution in [2.24, 2.45) is 0 Å². The molecule has 0 aromatic carbocycles. The summed E-state index contributed by atoms with van der Waals surface area (Å²) in [5.74, 6) is -0.307. The summed E-state index contributed by atoms with van der Waals surface area (Å²) in [4.78, 5) is 15.8. The van der Waals surface area contributed by atoms with Crippen LogP contribution in [0.25, 0.3) is 0 Å². The molecule has 2 aromatic rings. The minimum absolute atomic E-state index is 0.181. The largest absolute Gasteiger partial charge is 0.345 e. The van der Waals surface area contributed by atoms with E-state index in [0.717, 1.165) is 5.56 Å². The maximum atomic E-state index is 12.0. The number of nitrogens with zero attached hydrogens (tertiary/aromatic N) is 2. The third-order valence-corrected chi connectivity index (χ3v) is 2.94. The second-order valence-corrected chi connectivity index (χ2v) is 4.51. The fourth-order valence-electron chi connectivity index (χ4n) is 1.44. The summed E-state index contributed by atoms with van der Waals surface area (Å²) in [6, 6.07) is 1.25. The van der Waals surface area contributed by atoms with Crippen LogP contribution < -0.4 is 5.32 Å². The monoisotopic (exact) mass is 284 g/mol. The highest BCUT2D eigenvalue weighted by atomic mass is 35.5. The standard InChI is InChI=1S/C11H10Cl2N4O/c1-6(7-3-15-16-4-7)17-11(18)8-2-10(13)14-5-9(8)12/h2-6H,1H3,(H,15,16)(H,17,18). The number of hydrogen-bond donors (Lipinski definition) is 2. The molecular weight excluding hydrogens is 275 g/mol. The van der Waals surface area contributed by atoms with Gasteiger partial charge < -0.3 is 5.32 Å². The van der Waals surface area contributed by atoms with E-state index in [1.54, 1.807) is 12.4 Å². The number of aromatic amines is 1. The highest BCUT2D eigenvalue weighted by Gasteiger charge is 2.15. The zero-order valence-electron chi connectivity index (χ0n) is 9.45. The first-order chi connectivity index (χ1) is 8.58. The van der Waals surface area contributed by atoms with Crippen LogP contribution >= 0.6 is 23.2 Å². The van der Waals surface area contributed by atoms with Gasteiger partial charge in [0, 0.05) is 18.0 Å². The van der Waals surface area contributed by atoms with Crippen LogP contribution in [0.1, 0.15) is 28.9 Å². The molecule has 0 aliphatic rings. The normalized spacial score (nSPS) is 12.2. The Morgan fingerprint density at radius 1 is 1.44 bits per heavy atom. The van der Waals surface area contributed by atoms with Gasteiger partial charge in [0.1, 0.15) is 5.15 Å². The fraction of sp³-hybridized carbons (Fsp3) is 0.182. The summed E-state index contributed by atoms with van der Waals surface area (Å²) in [5.41, 5.74) is 1.17. The number of halogens is 2. The van der Waals surface area contributed by atoms with Gasteiger partial charge in [0.2, 0.25) is 0 Å². The molecule has 0 bridgehead atoms. The van der Waals surface area contributed by atoms with E-state index in [0.29, 0.717) is 5.56 Å². The lowest BCUT2D eigenvalue weighted by atomic mass is 10.1. The molecule has 0 aliphatic carbocycles. The molecule has 18 heavy (non-hydrogen) atoms. The van der Waals surface area contributed by atoms with E-state index in [9.17, 15) is 4.79 Å². The van der Waals surface area contributed by atoms with Gasteiger partial charge in [0.15, 0.2) is 0 Å². The number of amides is 1. The van der Waals surface area contributed by atoms with Crippen LogP contribution in [0.2, 0.25) is 10.2 Å². The van der Waals surface area contributed by atoms with Crippen LogP contribution in [-0.4, -0.2) is 21.1 Å². The first-order valence-electron chi connectivity index (χ1n) is 5.18. The SMILES string of the molecule is CC(NC(=O)c1cc(Cl)ncc1Cl)c1cn[nH]c1. The molecule has 0 saturated carbocycles. The molecule has 2 aromatic heterocycles. The summed E-state index contributed by atoms with van der Waals surface area (Å²) >= 11 is 11.6. The van der Waals surface area contributed by atoms with E-state index >= 15 is 0 Å². The molecule has 0 radical (unpaired) electrons. The van der Waals surface area contributed by atoms with Gasteiger partial charge in [-0.15, -0.1) is 0 Å². The maximum absolute atomic E-state index is 12.0. The molecule has 5 nitrogen and oxygen atoms in total. The van der Waals surface area contributed by atoms with Crippen LogP contribution in [0.3, 0.4) is 0 Å². The van der Waals surface area contributed by atoms with Crippen LogP contribution in [0.5, 0.6) is 0 Å². The van der Waals surface area contributed by atoms with Gasteiger partial charge in [0.05, 0.1) is 22.8 Å². The van der Waals surface area contributed by atoms with Crippen LogP contribution in [0, 0.1) is 0 Å². The highest BCUT2D eigenvalue weighted by molar-refractivity contribution is 6.35. The van der Waals surface area contributed by atoms with Gasteiger partial charge in [-0.25, -0.2) is 4.98 Å².